The number of allylic oxidation sites excluding steroid dienone is 1. The number of aromatic nitrogens is 3. The number of hydrogen-bond acceptors (Lipinski definition) is 8. The molecule has 1 atom stereocenters. The van der Waals surface area contributed by atoms with Crippen molar-refractivity contribution in [3.8, 4) is 28.0 Å². The minimum atomic E-state index is -0.572. The maximum absolute atomic E-state index is 13.8. The van der Waals surface area contributed by atoms with Crippen LogP contribution in [0.1, 0.15) is 18.5 Å². The van der Waals surface area contributed by atoms with Gasteiger partial charge in [-0.25, -0.2) is 4.68 Å². The van der Waals surface area contributed by atoms with Gasteiger partial charge >= 0.3 is 0 Å². The minimum absolute atomic E-state index is 0.289. The van der Waals surface area contributed by atoms with Crippen LogP contribution >= 0.6 is 11.3 Å². The number of fused-ring (bicyclic) bond motifs is 1. The van der Waals surface area contributed by atoms with Gasteiger partial charge < -0.3 is 24.8 Å². The zero-order valence-electron chi connectivity index (χ0n) is 20.2. The molecule has 1 unspecified atom stereocenters. The van der Waals surface area contributed by atoms with Gasteiger partial charge in [0.25, 0.3) is 5.91 Å². The molecule has 0 saturated heterocycles. The van der Waals surface area contributed by atoms with Crippen molar-refractivity contribution in [1.82, 2.24) is 14.8 Å². The van der Waals surface area contributed by atoms with Gasteiger partial charge in [-0.05, 0) is 48.2 Å². The highest BCUT2D eigenvalue weighted by atomic mass is 32.1. The van der Waals surface area contributed by atoms with Crippen LogP contribution < -0.4 is 24.8 Å². The quantitative estimate of drug-likeness (QED) is 0.368. The van der Waals surface area contributed by atoms with E-state index in [4.69, 9.17) is 24.3 Å². The molecule has 1 aliphatic heterocycles. The largest absolute Gasteiger partial charge is 0.495 e. The van der Waals surface area contributed by atoms with Crippen molar-refractivity contribution in [3.05, 3.63) is 76.8 Å². The summed E-state index contributed by atoms with van der Waals surface area (Å²) in [5.41, 5.74) is 2.52. The Balaban J connectivity index is 1.63. The van der Waals surface area contributed by atoms with Gasteiger partial charge in [-0.15, -0.1) is 16.4 Å². The van der Waals surface area contributed by atoms with Crippen molar-refractivity contribution in [1.29, 1.82) is 0 Å². The molecule has 1 aliphatic rings. The predicted octanol–water partition coefficient (Wildman–Crippen LogP) is 4.96. The van der Waals surface area contributed by atoms with E-state index in [0.29, 0.717) is 46.0 Å². The fraction of sp³-hybridized carbons (Fsp3) is 0.192. The van der Waals surface area contributed by atoms with E-state index in [-0.39, 0.29) is 5.91 Å². The summed E-state index contributed by atoms with van der Waals surface area (Å²) in [6.45, 7) is 1.86. The molecule has 2 aromatic heterocycles. The van der Waals surface area contributed by atoms with Gasteiger partial charge in [0.1, 0.15) is 11.8 Å². The van der Waals surface area contributed by atoms with E-state index < -0.39 is 6.04 Å². The van der Waals surface area contributed by atoms with Crippen LogP contribution in [0.15, 0.2) is 71.2 Å². The number of ether oxygens (including phenoxy) is 3. The number of nitrogens with one attached hydrogen (secondary N) is 2. The lowest BCUT2D eigenvalue weighted by atomic mass is 9.94. The number of hydrogen-bond donors (Lipinski definition) is 2. The number of methoxy groups -OCH3 is 3. The van der Waals surface area contributed by atoms with Gasteiger partial charge in [0, 0.05) is 5.70 Å². The van der Waals surface area contributed by atoms with E-state index >= 15 is 0 Å². The molecule has 10 heteroatoms. The van der Waals surface area contributed by atoms with Gasteiger partial charge in [-0.3, -0.25) is 4.79 Å². The lowest BCUT2D eigenvalue weighted by molar-refractivity contribution is -0.113. The molecule has 0 radical (unpaired) electrons. The molecule has 0 spiro atoms. The Morgan fingerprint density at radius 2 is 1.78 bits per heavy atom. The summed E-state index contributed by atoms with van der Waals surface area (Å²) >= 11 is 1.55. The highest BCUT2D eigenvalue weighted by Crippen LogP contribution is 2.40. The number of amides is 1. The van der Waals surface area contributed by atoms with Crippen molar-refractivity contribution < 1.29 is 19.0 Å². The third-order valence-electron chi connectivity index (χ3n) is 5.92. The number of anilines is 2. The van der Waals surface area contributed by atoms with Gasteiger partial charge in [-0.2, -0.15) is 4.98 Å². The topological polar surface area (TPSA) is 99.5 Å². The van der Waals surface area contributed by atoms with Crippen LogP contribution in [-0.4, -0.2) is 42.0 Å². The smallest absolute Gasteiger partial charge is 0.255 e. The van der Waals surface area contributed by atoms with E-state index in [1.807, 2.05) is 54.8 Å². The number of nitrogens with zero attached hydrogens (tertiary/aromatic N) is 3. The minimum Gasteiger partial charge on any atom is -0.495 e. The Labute approximate surface area is 212 Å². The first-order valence-electron chi connectivity index (χ1n) is 11.2. The number of rotatable bonds is 7. The van der Waals surface area contributed by atoms with Crippen molar-refractivity contribution in [2.24, 2.45) is 0 Å². The molecule has 184 valence electrons. The number of benzene rings is 2. The van der Waals surface area contributed by atoms with Gasteiger partial charge in [-0.1, -0.05) is 24.3 Å². The maximum Gasteiger partial charge on any atom is 0.255 e. The lowest BCUT2D eigenvalue weighted by Gasteiger charge is -2.29. The summed E-state index contributed by atoms with van der Waals surface area (Å²) in [6, 6.07) is 16.2. The third-order valence-corrected chi connectivity index (χ3v) is 6.78. The summed E-state index contributed by atoms with van der Waals surface area (Å²) in [5.74, 6) is 2.55. The van der Waals surface area contributed by atoms with Gasteiger partial charge in [0.2, 0.25) is 5.95 Å². The summed E-state index contributed by atoms with van der Waals surface area (Å²) in [7, 11) is 4.73. The SMILES string of the molecule is COc1ccccc1NC(=O)C1=C(C)Nc2nc(-c3cccs3)nn2C1c1ccc(OC)c(OC)c1. The average Bonchev–Trinajstić information content (AvgIpc) is 3.58. The molecule has 5 rings (SSSR count). The highest BCUT2D eigenvalue weighted by Gasteiger charge is 2.35. The fourth-order valence-electron chi connectivity index (χ4n) is 4.22. The first-order chi connectivity index (χ1) is 17.5. The second-order valence-electron chi connectivity index (χ2n) is 8.02. The first kappa shape index (κ1) is 23.4. The number of carbonyl (C=O) groups excluding carboxylic acids is 1. The molecule has 0 aliphatic carbocycles. The third kappa shape index (κ3) is 4.16. The molecule has 3 heterocycles. The summed E-state index contributed by atoms with van der Waals surface area (Å²) in [4.78, 5) is 19.4. The maximum atomic E-state index is 13.8. The van der Waals surface area contributed by atoms with Gasteiger partial charge in [0.05, 0.1) is 37.5 Å². The molecule has 0 fully saturated rings. The second-order valence-corrected chi connectivity index (χ2v) is 8.96. The number of thiophene rings is 1. The molecule has 1 amide bonds. The molecule has 0 bridgehead atoms. The Hall–Kier alpha value is -4.31. The van der Waals surface area contributed by atoms with E-state index in [1.54, 1.807) is 49.5 Å². The molecular formula is C26H25N5O4S. The molecular weight excluding hydrogens is 478 g/mol. The monoisotopic (exact) mass is 503 g/mol. The molecule has 0 saturated carbocycles. The Morgan fingerprint density at radius 1 is 1.00 bits per heavy atom. The Kier molecular flexibility index (Phi) is 6.34. The van der Waals surface area contributed by atoms with Crippen molar-refractivity contribution in [2.75, 3.05) is 32.0 Å². The van der Waals surface area contributed by atoms with E-state index in [2.05, 4.69) is 10.6 Å². The Morgan fingerprint density at radius 3 is 2.50 bits per heavy atom. The zero-order valence-corrected chi connectivity index (χ0v) is 21.1. The van der Waals surface area contributed by atoms with Crippen LogP contribution in [0.3, 0.4) is 0 Å². The van der Waals surface area contributed by atoms with Crippen LogP contribution in [0.4, 0.5) is 11.6 Å². The normalized spacial score (nSPS) is 14.6. The van der Waals surface area contributed by atoms with Crippen molar-refractivity contribution in [2.45, 2.75) is 13.0 Å². The van der Waals surface area contributed by atoms with Crippen LogP contribution in [0, 0.1) is 0 Å². The molecule has 4 aromatic rings. The van der Waals surface area contributed by atoms with Crippen molar-refractivity contribution in [3.63, 3.8) is 0 Å². The van der Waals surface area contributed by atoms with Crippen LogP contribution in [-0.2, 0) is 4.79 Å². The first-order valence-corrected chi connectivity index (χ1v) is 12.1. The Bertz CT molecular complexity index is 1440. The number of carbonyl (C=O) groups is 1. The number of para-hydroxylation sites is 2. The zero-order chi connectivity index (χ0) is 25.2. The molecule has 2 N–H and O–H groups in total. The van der Waals surface area contributed by atoms with Crippen LogP contribution in [0.5, 0.6) is 17.2 Å². The lowest BCUT2D eigenvalue weighted by Crippen LogP contribution is -2.31. The average molecular weight is 504 g/mol. The highest BCUT2D eigenvalue weighted by molar-refractivity contribution is 7.13. The standard InChI is InChI=1S/C26H25N5O4S/c1-15-22(25(32)28-17-8-5-6-9-18(17)33-2)23(16-11-12-19(34-3)20(14-16)35-4)31-26(27-15)29-24(30-31)21-10-7-13-36-21/h5-14,23H,1-4H3,(H,28,32)(H,27,29,30). The van der Waals surface area contributed by atoms with Crippen molar-refractivity contribution >= 4 is 28.9 Å². The summed E-state index contributed by atoms with van der Waals surface area (Å²) < 4.78 is 18.1. The van der Waals surface area contributed by atoms with E-state index in [9.17, 15) is 4.79 Å². The van der Waals surface area contributed by atoms with E-state index in [0.717, 1.165) is 10.4 Å². The predicted molar refractivity (Wildman–Crippen MR) is 139 cm³/mol. The van der Waals surface area contributed by atoms with Crippen LogP contribution in [0.2, 0.25) is 0 Å². The molecule has 2 aromatic carbocycles. The fourth-order valence-corrected chi connectivity index (χ4v) is 4.88. The molecule has 9 nitrogen and oxygen atoms in total. The van der Waals surface area contributed by atoms with Gasteiger partial charge in [0.15, 0.2) is 17.3 Å². The second kappa shape index (κ2) is 9.74. The summed E-state index contributed by atoms with van der Waals surface area (Å²) in [6.07, 6.45) is 0. The molecule has 36 heavy (non-hydrogen) atoms. The van der Waals surface area contributed by atoms with E-state index in [1.165, 1.54) is 0 Å². The van der Waals surface area contributed by atoms with Crippen LogP contribution in [0.25, 0.3) is 10.7 Å². The summed E-state index contributed by atoms with van der Waals surface area (Å²) in [5, 5.41) is 13.0.